The maximum absolute atomic E-state index is 4.65. The average Bonchev–Trinajstić information content (AvgIpc) is 3.19. The third-order valence-electron chi connectivity index (χ3n) is 3.74. The SMILES string of the molecule is CCCNC(C)c1csc(NCCc2nc3ccccc3[nH]2)n1. The van der Waals surface area contributed by atoms with Crippen LogP contribution in [0.3, 0.4) is 0 Å². The Morgan fingerprint density at radius 2 is 2.09 bits per heavy atom. The molecular weight excluding hydrogens is 306 g/mol. The van der Waals surface area contributed by atoms with E-state index >= 15 is 0 Å². The minimum Gasteiger partial charge on any atom is -0.361 e. The summed E-state index contributed by atoms with van der Waals surface area (Å²) in [6, 6.07) is 8.42. The molecule has 2 heterocycles. The number of aromatic amines is 1. The lowest BCUT2D eigenvalue weighted by Crippen LogP contribution is -2.19. The highest BCUT2D eigenvalue weighted by molar-refractivity contribution is 7.13. The van der Waals surface area contributed by atoms with Crippen LogP contribution in [0.25, 0.3) is 11.0 Å². The molecule has 0 aliphatic rings. The van der Waals surface area contributed by atoms with Gasteiger partial charge >= 0.3 is 0 Å². The molecule has 3 N–H and O–H groups in total. The topological polar surface area (TPSA) is 65.6 Å². The Morgan fingerprint density at radius 3 is 2.91 bits per heavy atom. The molecule has 2 aromatic heterocycles. The Kier molecular flexibility index (Phi) is 5.25. The van der Waals surface area contributed by atoms with Gasteiger partial charge in [-0.05, 0) is 32.0 Å². The maximum atomic E-state index is 4.65. The van der Waals surface area contributed by atoms with Gasteiger partial charge in [-0.2, -0.15) is 0 Å². The number of nitrogens with zero attached hydrogens (tertiary/aromatic N) is 2. The van der Waals surface area contributed by atoms with E-state index in [0.717, 1.165) is 53.6 Å². The monoisotopic (exact) mass is 329 g/mol. The van der Waals surface area contributed by atoms with Crippen molar-refractivity contribution in [2.75, 3.05) is 18.4 Å². The number of thiazole rings is 1. The van der Waals surface area contributed by atoms with E-state index in [2.05, 4.69) is 50.9 Å². The molecule has 0 aliphatic carbocycles. The first-order chi connectivity index (χ1) is 11.3. The Labute approximate surface area is 140 Å². The molecular formula is C17H23N5S. The minimum absolute atomic E-state index is 0.303. The van der Waals surface area contributed by atoms with E-state index < -0.39 is 0 Å². The standard InChI is InChI=1S/C17H23N5S/c1-3-9-18-12(2)15-11-23-17(22-15)19-10-8-16-20-13-6-4-5-7-14(13)21-16/h4-7,11-12,18H,3,8-10H2,1-2H3,(H,19,22)(H,20,21). The molecule has 0 aliphatic heterocycles. The fourth-order valence-corrected chi connectivity index (χ4v) is 3.28. The van der Waals surface area contributed by atoms with Crippen LogP contribution in [0.2, 0.25) is 0 Å². The molecule has 0 fully saturated rings. The maximum Gasteiger partial charge on any atom is 0.182 e. The summed E-state index contributed by atoms with van der Waals surface area (Å²) in [7, 11) is 0. The molecule has 0 radical (unpaired) electrons. The van der Waals surface area contributed by atoms with Gasteiger partial charge < -0.3 is 15.6 Å². The molecule has 1 aromatic carbocycles. The molecule has 0 amide bonds. The summed E-state index contributed by atoms with van der Waals surface area (Å²) >= 11 is 1.66. The lowest BCUT2D eigenvalue weighted by molar-refractivity contribution is 0.561. The number of anilines is 1. The molecule has 0 saturated heterocycles. The highest BCUT2D eigenvalue weighted by Gasteiger charge is 2.09. The number of hydrogen-bond acceptors (Lipinski definition) is 5. The first-order valence-corrected chi connectivity index (χ1v) is 9.00. The zero-order valence-corrected chi connectivity index (χ0v) is 14.4. The molecule has 1 unspecified atom stereocenters. The summed E-state index contributed by atoms with van der Waals surface area (Å²) in [5.41, 5.74) is 3.22. The number of para-hydroxylation sites is 2. The van der Waals surface area contributed by atoms with Gasteiger partial charge in [0.1, 0.15) is 5.82 Å². The molecule has 122 valence electrons. The van der Waals surface area contributed by atoms with Gasteiger partial charge in [0.05, 0.1) is 16.7 Å². The van der Waals surface area contributed by atoms with Crippen molar-refractivity contribution in [3.8, 4) is 0 Å². The van der Waals surface area contributed by atoms with Gasteiger partial charge in [0.2, 0.25) is 0 Å². The van der Waals surface area contributed by atoms with E-state index in [4.69, 9.17) is 0 Å². The van der Waals surface area contributed by atoms with Crippen LogP contribution in [0.15, 0.2) is 29.6 Å². The van der Waals surface area contributed by atoms with Crippen LogP contribution in [0.1, 0.15) is 37.8 Å². The highest BCUT2D eigenvalue weighted by Crippen LogP contribution is 2.20. The quantitative estimate of drug-likeness (QED) is 0.589. The van der Waals surface area contributed by atoms with E-state index in [1.807, 2.05) is 18.2 Å². The van der Waals surface area contributed by atoms with Crippen LogP contribution < -0.4 is 10.6 Å². The van der Waals surface area contributed by atoms with Gasteiger partial charge in [-0.15, -0.1) is 11.3 Å². The van der Waals surface area contributed by atoms with E-state index in [-0.39, 0.29) is 0 Å². The lowest BCUT2D eigenvalue weighted by Gasteiger charge is -2.09. The second kappa shape index (κ2) is 7.57. The normalized spacial score (nSPS) is 12.6. The molecule has 23 heavy (non-hydrogen) atoms. The molecule has 0 saturated carbocycles. The summed E-state index contributed by atoms with van der Waals surface area (Å²) < 4.78 is 0. The number of aromatic nitrogens is 3. The first kappa shape index (κ1) is 16.0. The minimum atomic E-state index is 0.303. The van der Waals surface area contributed by atoms with E-state index in [1.54, 1.807) is 11.3 Å². The number of rotatable bonds is 8. The zero-order chi connectivity index (χ0) is 16.1. The van der Waals surface area contributed by atoms with Crippen molar-refractivity contribution in [2.45, 2.75) is 32.7 Å². The van der Waals surface area contributed by atoms with Crippen molar-refractivity contribution in [3.63, 3.8) is 0 Å². The average molecular weight is 329 g/mol. The number of imidazole rings is 1. The predicted molar refractivity (Wildman–Crippen MR) is 97.1 cm³/mol. The molecule has 6 heteroatoms. The van der Waals surface area contributed by atoms with Crippen molar-refractivity contribution in [2.24, 2.45) is 0 Å². The summed E-state index contributed by atoms with van der Waals surface area (Å²) in [4.78, 5) is 12.6. The Balaban J connectivity index is 1.51. The highest BCUT2D eigenvalue weighted by atomic mass is 32.1. The largest absolute Gasteiger partial charge is 0.361 e. The van der Waals surface area contributed by atoms with Gasteiger partial charge in [-0.25, -0.2) is 9.97 Å². The third-order valence-corrected chi connectivity index (χ3v) is 4.56. The molecule has 3 aromatic rings. The van der Waals surface area contributed by atoms with Crippen LogP contribution >= 0.6 is 11.3 Å². The van der Waals surface area contributed by atoms with E-state index in [0.29, 0.717) is 6.04 Å². The molecule has 5 nitrogen and oxygen atoms in total. The fraction of sp³-hybridized carbons (Fsp3) is 0.412. The Morgan fingerprint density at radius 1 is 1.22 bits per heavy atom. The van der Waals surface area contributed by atoms with Crippen molar-refractivity contribution in [3.05, 3.63) is 41.2 Å². The Hall–Kier alpha value is -1.92. The van der Waals surface area contributed by atoms with Crippen LogP contribution in [0.4, 0.5) is 5.13 Å². The van der Waals surface area contributed by atoms with Gasteiger partial charge in [-0.1, -0.05) is 19.1 Å². The molecule has 0 spiro atoms. The second-order valence-corrected chi connectivity index (χ2v) is 6.49. The number of H-pyrrole nitrogens is 1. The predicted octanol–water partition coefficient (Wildman–Crippen LogP) is 3.73. The number of benzene rings is 1. The van der Waals surface area contributed by atoms with Crippen LogP contribution in [0, 0.1) is 0 Å². The zero-order valence-electron chi connectivity index (χ0n) is 13.6. The lowest BCUT2D eigenvalue weighted by atomic mass is 10.2. The van der Waals surface area contributed by atoms with Gasteiger partial charge in [-0.3, -0.25) is 0 Å². The third kappa shape index (κ3) is 4.09. The Bertz CT molecular complexity index is 715. The van der Waals surface area contributed by atoms with Gasteiger partial charge in [0, 0.05) is 24.4 Å². The number of nitrogens with one attached hydrogen (secondary N) is 3. The van der Waals surface area contributed by atoms with Crippen molar-refractivity contribution >= 4 is 27.5 Å². The first-order valence-electron chi connectivity index (χ1n) is 8.12. The summed E-state index contributed by atoms with van der Waals surface area (Å²) in [5, 5.41) is 9.94. The second-order valence-electron chi connectivity index (χ2n) is 5.63. The number of fused-ring (bicyclic) bond motifs is 1. The van der Waals surface area contributed by atoms with Crippen molar-refractivity contribution < 1.29 is 0 Å². The summed E-state index contributed by atoms with van der Waals surface area (Å²) in [5.74, 6) is 1.01. The van der Waals surface area contributed by atoms with Crippen molar-refractivity contribution in [1.29, 1.82) is 0 Å². The molecule has 3 rings (SSSR count). The van der Waals surface area contributed by atoms with Gasteiger partial charge in [0.25, 0.3) is 0 Å². The fourth-order valence-electron chi connectivity index (χ4n) is 2.44. The van der Waals surface area contributed by atoms with E-state index in [9.17, 15) is 0 Å². The van der Waals surface area contributed by atoms with Crippen LogP contribution in [0.5, 0.6) is 0 Å². The van der Waals surface area contributed by atoms with E-state index in [1.165, 1.54) is 0 Å². The molecule has 0 bridgehead atoms. The summed E-state index contributed by atoms with van der Waals surface area (Å²) in [6.45, 7) is 6.17. The number of hydrogen-bond donors (Lipinski definition) is 3. The van der Waals surface area contributed by atoms with Crippen molar-refractivity contribution in [1.82, 2.24) is 20.3 Å². The van der Waals surface area contributed by atoms with Crippen LogP contribution in [-0.4, -0.2) is 28.0 Å². The summed E-state index contributed by atoms with van der Waals surface area (Å²) in [6.07, 6.45) is 1.99. The van der Waals surface area contributed by atoms with Gasteiger partial charge in [0.15, 0.2) is 5.13 Å². The molecule has 1 atom stereocenters. The van der Waals surface area contributed by atoms with Crippen LogP contribution in [-0.2, 0) is 6.42 Å². The smallest absolute Gasteiger partial charge is 0.182 e.